The van der Waals surface area contributed by atoms with E-state index in [1.807, 2.05) is 11.3 Å². The van der Waals surface area contributed by atoms with E-state index in [-0.39, 0.29) is 0 Å². The molecule has 0 aromatic carbocycles. The lowest BCUT2D eigenvalue weighted by atomic mass is 10.1. The predicted octanol–water partition coefficient (Wildman–Crippen LogP) is 2.13. The summed E-state index contributed by atoms with van der Waals surface area (Å²) in [7, 11) is 0. The van der Waals surface area contributed by atoms with E-state index in [0.29, 0.717) is 12.0 Å². The average Bonchev–Trinajstić information content (AvgIpc) is 3.12. The molecule has 23 heavy (non-hydrogen) atoms. The summed E-state index contributed by atoms with van der Waals surface area (Å²) in [5.41, 5.74) is 0. The maximum absolute atomic E-state index is 5.41. The Morgan fingerprint density at radius 3 is 2.78 bits per heavy atom. The van der Waals surface area contributed by atoms with Crippen molar-refractivity contribution < 1.29 is 4.74 Å². The molecular weight excluding hydrogens is 308 g/mol. The number of ether oxygens (including phenoxy) is 1. The van der Waals surface area contributed by atoms with Crippen LogP contribution in [-0.2, 0) is 4.74 Å². The summed E-state index contributed by atoms with van der Waals surface area (Å²) in [6.07, 6.45) is 0. The molecule has 130 valence electrons. The third-order valence-electron chi connectivity index (χ3n) is 4.13. The Kier molecular flexibility index (Phi) is 7.85. The number of hydrogen-bond donors (Lipinski definition) is 2. The summed E-state index contributed by atoms with van der Waals surface area (Å²) in [6, 6.07) is 4.76. The maximum Gasteiger partial charge on any atom is 0.191 e. The first kappa shape index (κ1) is 18.2. The number of thiophene rings is 1. The largest absolute Gasteiger partial charge is 0.379 e. The lowest BCUT2D eigenvalue weighted by Gasteiger charge is -2.31. The van der Waals surface area contributed by atoms with E-state index in [9.17, 15) is 0 Å². The topological polar surface area (TPSA) is 48.9 Å². The molecule has 0 saturated carbocycles. The van der Waals surface area contributed by atoms with Crippen molar-refractivity contribution >= 4 is 17.3 Å². The minimum Gasteiger partial charge on any atom is -0.379 e. The van der Waals surface area contributed by atoms with Crippen molar-refractivity contribution in [2.45, 2.75) is 32.7 Å². The van der Waals surface area contributed by atoms with Gasteiger partial charge in [-0.15, -0.1) is 11.3 Å². The van der Waals surface area contributed by atoms with E-state index in [4.69, 9.17) is 9.73 Å². The zero-order valence-electron chi connectivity index (χ0n) is 14.5. The first-order valence-corrected chi connectivity index (χ1v) is 9.46. The van der Waals surface area contributed by atoms with E-state index in [1.54, 1.807) is 0 Å². The first-order chi connectivity index (χ1) is 11.2. The van der Waals surface area contributed by atoms with E-state index in [0.717, 1.165) is 51.9 Å². The number of aliphatic imine (C=N–C) groups is 1. The Balaban J connectivity index is 1.81. The van der Waals surface area contributed by atoms with Crippen LogP contribution in [0.15, 0.2) is 22.5 Å². The molecule has 1 fully saturated rings. The molecule has 2 rings (SSSR count). The molecule has 2 unspecified atom stereocenters. The first-order valence-electron chi connectivity index (χ1n) is 8.58. The number of nitrogens with one attached hydrogen (secondary N) is 2. The third-order valence-corrected chi connectivity index (χ3v) is 5.24. The zero-order valence-corrected chi connectivity index (χ0v) is 15.4. The fourth-order valence-electron chi connectivity index (χ4n) is 2.62. The van der Waals surface area contributed by atoms with Gasteiger partial charge in [-0.3, -0.25) is 9.89 Å². The molecule has 2 heterocycles. The molecule has 0 aliphatic carbocycles. The standard InChI is InChI=1S/C17H30N4OS/c1-4-18-17(19-12-14(2)16-6-5-11-23-16)20-13-15(3)21-7-9-22-10-8-21/h5-6,11,14-15H,4,7-10,12-13H2,1-3H3,(H2,18,19,20). The van der Waals surface area contributed by atoms with Crippen LogP contribution >= 0.6 is 11.3 Å². The van der Waals surface area contributed by atoms with Crippen LogP contribution in [0.3, 0.4) is 0 Å². The average molecular weight is 339 g/mol. The number of rotatable bonds is 7. The smallest absolute Gasteiger partial charge is 0.191 e. The van der Waals surface area contributed by atoms with Gasteiger partial charge in [-0.25, -0.2) is 0 Å². The Morgan fingerprint density at radius 1 is 1.35 bits per heavy atom. The number of nitrogens with zero attached hydrogens (tertiary/aromatic N) is 2. The molecule has 2 atom stereocenters. The van der Waals surface area contributed by atoms with Gasteiger partial charge >= 0.3 is 0 Å². The van der Waals surface area contributed by atoms with Crippen molar-refractivity contribution in [3.63, 3.8) is 0 Å². The number of guanidine groups is 1. The Hall–Kier alpha value is -1.11. The van der Waals surface area contributed by atoms with Crippen LogP contribution < -0.4 is 10.6 Å². The number of hydrogen-bond acceptors (Lipinski definition) is 4. The van der Waals surface area contributed by atoms with Gasteiger partial charge in [-0.2, -0.15) is 0 Å². The summed E-state index contributed by atoms with van der Waals surface area (Å²) < 4.78 is 5.41. The molecule has 1 saturated heterocycles. The summed E-state index contributed by atoms with van der Waals surface area (Å²) in [5, 5.41) is 8.94. The summed E-state index contributed by atoms with van der Waals surface area (Å²) in [5.74, 6) is 1.41. The van der Waals surface area contributed by atoms with Gasteiger partial charge in [0.15, 0.2) is 5.96 Å². The van der Waals surface area contributed by atoms with Gasteiger partial charge in [0.25, 0.3) is 0 Å². The summed E-state index contributed by atoms with van der Waals surface area (Å²) in [4.78, 5) is 8.62. The fraction of sp³-hybridized carbons (Fsp3) is 0.706. The minimum absolute atomic E-state index is 0.448. The van der Waals surface area contributed by atoms with Gasteiger partial charge in [0.05, 0.1) is 19.8 Å². The fourth-order valence-corrected chi connectivity index (χ4v) is 3.41. The normalized spacial score (nSPS) is 19.3. The molecule has 0 spiro atoms. The van der Waals surface area contributed by atoms with Crippen LogP contribution in [0, 0.1) is 0 Å². The van der Waals surface area contributed by atoms with Crippen molar-refractivity contribution in [1.82, 2.24) is 15.5 Å². The summed E-state index contributed by atoms with van der Waals surface area (Å²) in [6.45, 7) is 12.9. The van der Waals surface area contributed by atoms with Gasteiger partial charge in [-0.1, -0.05) is 13.0 Å². The molecule has 1 aliphatic rings. The molecule has 1 aromatic rings. The van der Waals surface area contributed by atoms with Gasteiger partial charge < -0.3 is 15.4 Å². The second-order valence-electron chi connectivity index (χ2n) is 6.01. The van der Waals surface area contributed by atoms with Crippen LogP contribution in [0.1, 0.15) is 31.6 Å². The van der Waals surface area contributed by atoms with Gasteiger partial charge in [0.1, 0.15) is 0 Å². The zero-order chi connectivity index (χ0) is 16.5. The third kappa shape index (κ3) is 6.12. The second kappa shape index (κ2) is 9.90. The van der Waals surface area contributed by atoms with Crippen molar-refractivity contribution in [3.05, 3.63) is 22.4 Å². The van der Waals surface area contributed by atoms with Crippen LogP contribution in [0.2, 0.25) is 0 Å². The van der Waals surface area contributed by atoms with Gasteiger partial charge in [0.2, 0.25) is 0 Å². The quantitative estimate of drug-likeness (QED) is 0.591. The molecule has 0 bridgehead atoms. The van der Waals surface area contributed by atoms with Gasteiger partial charge in [0, 0.05) is 43.0 Å². The molecule has 5 nitrogen and oxygen atoms in total. The van der Waals surface area contributed by atoms with Crippen LogP contribution in [-0.4, -0.2) is 62.8 Å². The molecule has 1 aliphatic heterocycles. The van der Waals surface area contributed by atoms with E-state index in [1.165, 1.54) is 4.88 Å². The van der Waals surface area contributed by atoms with Crippen molar-refractivity contribution in [3.8, 4) is 0 Å². The maximum atomic E-state index is 5.41. The highest BCUT2D eigenvalue weighted by Gasteiger charge is 2.16. The predicted molar refractivity (Wildman–Crippen MR) is 98.6 cm³/mol. The van der Waals surface area contributed by atoms with Crippen LogP contribution in [0.4, 0.5) is 0 Å². The van der Waals surface area contributed by atoms with Crippen molar-refractivity contribution in [1.29, 1.82) is 0 Å². The Bertz CT molecular complexity index is 457. The number of morpholine rings is 1. The molecule has 0 amide bonds. The van der Waals surface area contributed by atoms with E-state index in [2.05, 4.69) is 53.8 Å². The highest BCUT2D eigenvalue weighted by molar-refractivity contribution is 7.10. The van der Waals surface area contributed by atoms with Crippen LogP contribution in [0.25, 0.3) is 0 Å². The molecule has 2 N–H and O–H groups in total. The Labute approximate surface area is 144 Å². The molecular formula is C17H30N4OS. The molecule has 6 heteroatoms. The molecule has 1 aromatic heterocycles. The van der Waals surface area contributed by atoms with Crippen molar-refractivity contribution in [2.75, 3.05) is 45.9 Å². The highest BCUT2D eigenvalue weighted by Crippen LogP contribution is 2.19. The highest BCUT2D eigenvalue weighted by atomic mass is 32.1. The van der Waals surface area contributed by atoms with Crippen molar-refractivity contribution in [2.24, 2.45) is 4.99 Å². The lowest BCUT2D eigenvalue weighted by molar-refractivity contribution is 0.0220. The minimum atomic E-state index is 0.448. The van der Waals surface area contributed by atoms with E-state index >= 15 is 0 Å². The Morgan fingerprint density at radius 2 is 2.13 bits per heavy atom. The second-order valence-corrected chi connectivity index (χ2v) is 6.99. The molecule has 0 radical (unpaired) electrons. The lowest BCUT2D eigenvalue weighted by Crippen LogP contribution is -2.44. The summed E-state index contributed by atoms with van der Waals surface area (Å²) >= 11 is 1.81. The van der Waals surface area contributed by atoms with Crippen LogP contribution in [0.5, 0.6) is 0 Å². The monoisotopic (exact) mass is 338 g/mol. The van der Waals surface area contributed by atoms with Gasteiger partial charge in [-0.05, 0) is 25.3 Å². The van der Waals surface area contributed by atoms with E-state index < -0.39 is 0 Å². The SMILES string of the molecule is CCNC(=NCC(C)N1CCOCC1)NCC(C)c1cccs1.